The van der Waals surface area contributed by atoms with Gasteiger partial charge in [0.05, 0.1) is 4.90 Å². The first-order valence-corrected chi connectivity index (χ1v) is 10.2. The van der Waals surface area contributed by atoms with Crippen molar-refractivity contribution in [3.8, 4) is 0 Å². The van der Waals surface area contributed by atoms with Crippen LogP contribution in [0, 0.1) is 5.82 Å². The molecule has 0 bridgehead atoms. The average Bonchev–Trinajstić information content (AvgIpc) is 2.62. The van der Waals surface area contributed by atoms with Crippen molar-refractivity contribution in [2.45, 2.75) is 37.1 Å². The Balaban J connectivity index is 2.03. The van der Waals surface area contributed by atoms with E-state index in [1.54, 1.807) is 30.3 Å². The third-order valence-electron chi connectivity index (χ3n) is 4.69. The third kappa shape index (κ3) is 3.75. The number of amides is 1. The zero-order valence-corrected chi connectivity index (χ0v) is 16.4. The van der Waals surface area contributed by atoms with Crippen LogP contribution in [0.2, 0.25) is 0 Å². The van der Waals surface area contributed by atoms with Crippen molar-refractivity contribution in [1.29, 1.82) is 0 Å². The van der Waals surface area contributed by atoms with Crippen LogP contribution >= 0.6 is 0 Å². The molecular weight excluding hydrogens is 367 g/mol. The van der Waals surface area contributed by atoms with E-state index in [9.17, 15) is 17.6 Å². The Morgan fingerprint density at radius 1 is 1.07 bits per heavy atom. The van der Waals surface area contributed by atoms with Crippen LogP contribution in [0.4, 0.5) is 4.39 Å². The zero-order valence-electron chi connectivity index (χ0n) is 15.6. The van der Waals surface area contributed by atoms with Crippen molar-refractivity contribution >= 4 is 15.9 Å². The van der Waals surface area contributed by atoms with Gasteiger partial charge in [-0.1, -0.05) is 51.1 Å². The summed E-state index contributed by atoms with van der Waals surface area (Å²) in [4.78, 5) is 12.5. The fraction of sp³-hybridized carbons (Fsp3) is 0.350. The topological polar surface area (TPSA) is 66.5 Å². The van der Waals surface area contributed by atoms with Gasteiger partial charge in [0.15, 0.2) is 0 Å². The Hall–Kier alpha value is -2.25. The van der Waals surface area contributed by atoms with Crippen LogP contribution < -0.4 is 5.32 Å². The normalized spacial score (nSPS) is 19.0. The predicted molar refractivity (Wildman–Crippen MR) is 101 cm³/mol. The van der Waals surface area contributed by atoms with Gasteiger partial charge in [-0.2, -0.15) is 4.31 Å². The molecule has 144 valence electrons. The van der Waals surface area contributed by atoms with Crippen molar-refractivity contribution in [3.63, 3.8) is 0 Å². The van der Waals surface area contributed by atoms with Gasteiger partial charge in [-0.3, -0.25) is 4.79 Å². The number of halogens is 1. The van der Waals surface area contributed by atoms with E-state index in [4.69, 9.17) is 0 Å². The molecule has 1 N–H and O–H groups in total. The molecule has 0 radical (unpaired) electrons. The highest BCUT2D eigenvalue weighted by Crippen LogP contribution is 2.32. The van der Waals surface area contributed by atoms with Gasteiger partial charge >= 0.3 is 0 Å². The standard InChI is InChI=1S/C20H23FN2O3S/c1-20(2,3)14-8-10-15(11-9-14)27(25,26)23-13-12-22-19(24)18(23)16-6-4-5-7-17(16)21/h4-11,18H,12-13H2,1-3H3,(H,22,24). The van der Waals surface area contributed by atoms with Gasteiger partial charge in [0.25, 0.3) is 0 Å². The fourth-order valence-electron chi connectivity index (χ4n) is 3.16. The summed E-state index contributed by atoms with van der Waals surface area (Å²) >= 11 is 0. The quantitative estimate of drug-likeness (QED) is 0.876. The van der Waals surface area contributed by atoms with E-state index in [1.807, 2.05) is 20.8 Å². The summed E-state index contributed by atoms with van der Waals surface area (Å²) in [5.41, 5.74) is 0.941. The highest BCUT2D eigenvalue weighted by atomic mass is 32.2. The van der Waals surface area contributed by atoms with Crippen molar-refractivity contribution < 1.29 is 17.6 Å². The molecule has 1 heterocycles. The number of hydrogen-bond acceptors (Lipinski definition) is 3. The van der Waals surface area contributed by atoms with E-state index in [-0.39, 0.29) is 29.0 Å². The van der Waals surface area contributed by atoms with Gasteiger partial charge in [0.2, 0.25) is 15.9 Å². The molecule has 0 aliphatic carbocycles. The lowest BCUT2D eigenvalue weighted by atomic mass is 9.87. The third-order valence-corrected chi connectivity index (χ3v) is 6.57. The summed E-state index contributed by atoms with van der Waals surface area (Å²) in [6.07, 6.45) is 0. The molecule has 2 aromatic rings. The van der Waals surface area contributed by atoms with E-state index in [0.29, 0.717) is 0 Å². The van der Waals surface area contributed by atoms with Gasteiger partial charge in [0.1, 0.15) is 11.9 Å². The molecule has 1 fully saturated rings. The van der Waals surface area contributed by atoms with Crippen LogP contribution in [0.15, 0.2) is 53.4 Å². The van der Waals surface area contributed by atoms with Gasteiger partial charge < -0.3 is 5.32 Å². The molecule has 7 heteroatoms. The van der Waals surface area contributed by atoms with Gasteiger partial charge in [-0.25, -0.2) is 12.8 Å². The fourth-order valence-corrected chi connectivity index (χ4v) is 4.73. The molecular formula is C20H23FN2O3S. The predicted octanol–water partition coefficient (Wildman–Crippen LogP) is 2.99. The van der Waals surface area contributed by atoms with Crippen LogP contribution in [0.3, 0.4) is 0 Å². The Bertz CT molecular complexity index is 950. The Kier molecular flexibility index (Phi) is 5.10. The molecule has 27 heavy (non-hydrogen) atoms. The molecule has 5 nitrogen and oxygen atoms in total. The highest BCUT2D eigenvalue weighted by Gasteiger charge is 2.40. The molecule has 2 aromatic carbocycles. The van der Waals surface area contributed by atoms with Crippen molar-refractivity contribution in [2.75, 3.05) is 13.1 Å². The van der Waals surface area contributed by atoms with Gasteiger partial charge in [-0.05, 0) is 29.2 Å². The Labute approximate surface area is 159 Å². The second kappa shape index (κ2) is 7.05. The minimum absolute atomic E-state index is 0.0459. The van der Waals surface area contributed by atoms with Crippen LogP contribution in [-0.2, 0) is 20.2 Å². The van der Waals surface area contributed by atoms with Crippen LogP contribution in [0.1, 0.15) is 37.9 Å². The number of piperazine rings is 1. The summed E-state index contributed by atoms with van der Waals surface area (Å²) in [5.74, 6) is -1.14. The lowest BCUT2D eigenvalue weighted by Crippen LogP contribution is -2.52. The molecule has 1 amide bonds. The number of nitrogens with zero attached hydrogens (tertiary/aromatic N) is 1. The summed E-state index contributed by atoms with van der Waals surface area (Å²) < 4.78 is 41.8. The largest absolute Gasteiger partial charge is 0.353 e. The molecule has 1 saturated heterocycles. The smallest absolute Gasteiger partial charge is 0.244 e. The second-order valence-electron chi connectivity index (χ2n) is 7.61. The number of rotatable bonds is 3. The molecule has 0 aromatic heterocycles. The van der Waals surface area contributed by atoms with Crippen molar-refractivity contribution in [3.05, 3.63) is 65.5 Å². The second-order valence-corrected chi connectivity index (χ2v) is 9.50. The zero-order chi connectivity index (χ0) is 19.8. The SMILES string of the molecule is CC(C)(C)c1ccc(S(=O)(=O)N2CCNC(=O)C2c2ccccc2F)cc1. The molecule has 1 aliphatic rings. The Morgan fingerprint density at radius 3 is 2.30 bits per heavy atom. The molecule has 1 aliphatic heterocycles. The van der Waals surface area contributed by atoms with E-state index >= 15 is 0 Å². The molecule has 1 atom stereocenters. The van der Waals surface area contributed by atoms with Crippen molar-refractivity contribution in [2.24, 2.45) is 0 Å². The minimum Gasteiger partial charge on any atom is -0.353 e. The number of carbonyl (C=O) groups is 1. The number of benzene rings is 2. The molecule has 0 saturated carbocycles. The lowest BCUT2D eigenvalue weighted by Gasteiger charge is -2.34. The first-order valence-electron chi connectivity index (χ1n) is 8.77. The lowest BCUT2D eigenvalue weighted by molar-refractivity contribution is -0.127. The van der Waals surface area contributed by atoms with Gasteiger partial charge in [-0.15, -0.1) is 0 Å². The Morgan fingerprint density at radius 2 is 1.70 bits per heavy atom. The molecule has 0 spiro atoms. The molecule has 3 rings (SSSR count). The summed E-state index contributed by atoms with van der Waals surface area (Å²) in [6.45, 7) is 6.39. The maximum Gasteiger partial charge on any atom is 0.244 e. The summed E-state index contributed by atoms with van der Waals surface area (Å²) in [6, 6.07) is 11.2. The van der Waals surface area contributed by atoms with Crippen LogP contribution in [0.25, 0.3) is 0 Å². The first-order chi connectivity index (χ1) is 12.6. The number of carbonyl (C=O) groups excluding carboxylic acids is 1. The van der Waals surface area contributed by atoms with Crippen molar-refractivity contribution in [1.82, 2.24) is 9.62 Å². The molecule has 1 unspecified atom stereocenters. The average molecular weight is 390 g/mol. The van der Waals surface area contributed by atoms with E-state index in [1.165, 1.54) is 18.2 Å². The van der Waals surface area contributed by atoms with Crippen LogP contribution in [-0.4, -0.2) is 31.7 Å². The number of sulfonamides is 1. The maximum atomic E-state index is 14.3. The number of nitrogens with one attached hydrogen (secondary N) is 1. The maximum absolute atomic E-state index is 14.3. The van der Waals surface area contributed by atoms with E-state index in [0.717, 1.165) is 9.87 Å². The summed E-state index contributed by atoms with van der Waals surface area (Å²) in [5, 5.41) is 2.63. The first kappa shape index (κ1) is 19.5. The van der Waals surface area contributed by atoms with E-state index in [2.05, 4.69) is 5.32 Å². The monoisotopic (exact) mass is 390 g/mol. The minimum atomic E-state index is -3.97. The van der Waals surface area contributed by atoms with Gasteiger partial charge in [0, 0.05) is 18.7 Å². The van der Waals surface area contributed by atoms with E-state index < -0.39 is 27.8 Å². The number of hydrogen-bond donors (Lipinski definition) is 1. The van der Waals surface area contributed by atoms with Crippen LogP contribution in [0.5, 0.6) is 0 Å². The summed E-state index contributed by atoms with van der Waals surface area (Å²) in [7, 11) is -3.97. The highest BCUT2D eigenvalue weighted by molar-refractivity contribution is 7.89.